The highest BCUT2D eigenvalue weighted by molar-refractivity contribution is 7.26. The zero-order chi connectivity index (χ0) is 21.9. The van der Waals surface area contributed by atoms with E-state index < -0.39 is 0 Å². The van der Waals surface area contributed by atoms with Crippen molar-refractivity contribution in [3.05, 3.63) is 115 Å². The van der Waals surface area contributed by atoms with Crippen LogP contribution in [0.1, 0.15) is 5.56 Å². The largest absolute Gasteiger partial charge is 0.309 e. The van der Waals surface area contributed by atoms with Gasteiger partial charge in [0.2, 0.25) is 0 Å². The minimum atomic E-state index is 1.21. The van der Waals surface area contributed by atoms with Gasteiger partial charge in [0.05, 0.1) is 11.0 Å². The molecule has 0 saturated carbocycles. The number of hydrogen-bond donors (Lipinski definition) is 0. The van der Waals surface area contributed by atoms with E-state index in [0.29, 0.717) is 0 Å². The zero-order valence-electron chi connectivity index (χ0n) is 18.2. The Hall–Kier alpha value is -3.88. The zero-order valence-corrected chi connectivity index (χ0v) is 19.1. The van der Waals surface area contributed by atoms with Crippen molar-refractivity contribution in [3.63, 3.8) is 0 Å². The van der Waals surface area contributed by atoms with Crippen molar-refractivity contribution in [1.29, 1.82) is 0 Å². The highest BCUT2D eigenvalue weighted by Gasteiger charge is 2.14. The first-order valence-electron chi connectivity index (χ1n) is 11.3. The Labute approximate surface area is 196 Å². The summed E-state index contributed by atoms with van der Waals surface area (Å²) < 4.78 is 5.11. The number of thiophene rings is 1. The molecule has 33 heavy (non-hydrogen) atoms. The smallest absolute Gasteiger partial charge is 0.0541 e. The Kier molecular flexibility index (Phi) is 3.99. The minimum absolute atomic E-state index is 1.21. The van der Waals surface area contributed by atoms with Crippen molar-refractivity contribution in [3.8, 4) is 16.8 Å². The monoisotopic (exact) mass is 439 g/mol. The van der Waals surface area contributed by atoms with Crippen LogP contribution in [0.3, 0.4) is 0 Å². The molecule has 0 aliphatic carbocycles. The molecule has 0 aliphatic rings. The maximum Gasteiger partial charge on any atom is 0.0541 e. The van der Waals surface area contributed by atoms with Crippen molar-refractivity contribution >= 4 is 53.3 Å². The van der Waals surface area contributed by atoms with Crippen LogP contribution in [0.2, 0.25) is 0 Å². The van der Waals surface area contributed by atoms with Crippen molar-refractivity contribution in [1.82, 2.24) is 4.57 Å². The van der Waals surface area contributed by atoms with Crippen molar-refractivity contribution in [2.24, 2.45) is 0 Å². The lowest BCUT2D eigenvalue weighted by molar-refractivity contribution is 1.17. The van der Waals surface area contributed by atoms with E-state index in [-0.39, 0.29) is 0 Å². The van der Waals surface area contributed by atoms with Gasteiger partial charge in [-0.1, -0.05) is 78.9 Å². The van der Waals surface area contributed by atoms with E-state index in [0.717, 1.165) is 0 Å². The van der Waals surface area contributed by atoms with Crippen LogP contribution in [-0.4, -0.2) is 4.57 Å². The molecule has 0 fully saturated rings. The molecule has 0 spiro atoms. The number of aromatic nitrogens is 1. The summed E-state index contributed by atoms with van der Waals surface area (Å²) in [4.78, 5) is 0. The molecule has 0 atom stereocenters. The first-order valence-corrected chi connectivity index (χ1v) is 12.1. The van der Waals surface area contributed by atoms with Crippen molar-refractivity contribution in [2.45, 2.75) is 6.92 Å². The number of fused-ring (bicyclic) bond motifs is 6. The Morgan fingerprint density at radius 1 is 0.576 bits per heavy atom. The molecule has 0 amide bonds. The summed E-state index contributed by atoms with van der Waals surface area (Å²) in [6, 6.07) is 39.8. The number of rotatable bonds is 2. The van der Waals surface area contributed by atoms with Gasteiger partial charge in [0.15, 0.2) is 0 Å². The molecule has 2 heterocycles. The molecular weight excluding hydrogens is 418 g/mol. The van der Waals surface area contributed by atoms with Gasteiger partial charge in [-0.05, 0) is 53.9 Å². The van der Waals surface area contributed by atoms with Crippen LogP contribution in [0.5, 0.6) is 0 Å². The predicted octanol–water partition coefficient (Wildman–Crippen LogP) is 9.13. The molecular formula is C31H21NS. The number of para-hydroxylation sites is 2. The molecule has 2 aromatic heterocycles. The van der Waals surface area contributed by atoms with E-state index in [4.69, 9.17) is 0 Å². The summed E-state index contributed by atoms with van der Waals surface area (Å²) in [6.07, 6.45) is 0. The van der Waals surface area contributed by atoms with Gasteiger partial charge in [-0.3, -0.25) is 0 Å². The summed E-state index contributed by atoms with van der Waals surface area (Å²) in [6.45, 7) is 2.20. The summed E-state index contributed by atoms with van der Waals surface area (Å²) in [5.74, 6) is 0. The molecule has 0 radical (unpaired) electrons. The van der Waals surface area contributed by atoms with Gasteiger partial charge in [-0.25, -0.2) is 0 Å². The Morgan fingerprint density at radius 3 is 1.97 bits per heavy atom. The first kappa shape index (κ1) is 18.7. The van der Waals surface area contributed by atoms with Crippen LogP contribution in [0.25, 0.3) is 58.8 Å². The van der Waals surface area contributed by atoms with Crippen molar-refractivity contribution < 1.29 is 0 Å². The lowest BCUT2D eigenvalue weighted by atomic mass is 10.00. The molecule has 0 N–H and O–H groups in total. The van der Waals surface area contributed by atoms with Gasteiger partial charge in [0.25, 0.3) is 0 Å². The topological polar surface area (TPSA) is 4.93 Å². The van der Waals surface area contributed by atoms with E-state index in [2.05, 4.69) is 121 Å². The Bertz CT molecular complexity index is 1780. The van der Waals surface area contributed by atoms with Crippen LogP contribution in [0.15, 0.2) is 109 Å². The number of benzene rings is 5. The predicted molar refractivity (Wildman–Crippen MR) is 144 cm³/mol. The molecule has 1 nitrogen and oxygen atoms in total. The average molecular weight is 440 g/mol. The van der Waals surface area contributed by atoms with Gasteiger partial charge < -0.3 is 4.57 Å². The third-order valence-electron chi connectivity index (χ3n) is 6.62. The highest BCUT2D eigenvalue weighted by Crippen LogP contribution is 2.41. The molecule has 156 valence electrons. The van der Waals surface area contributed by atoms with E-state index in [1.165, 1.54) is 64.4 Å². The van der Waals surface area contributed by atoms with E-state index in [1.807, 2.05) is 11.3 Å². The lowest BCUT2D eigenvalue weighted by Gasteiger charge is -2.12. The Morgan fingerprint density at radius 2 is 1.21 bits per heavy atom. The van der Waals surface area contributed by atoms with Crippen LogP contribution >= 0.6 is 11.3 Å². The highest BCUT2D eigenvalue weighted by atomic mass is 32.1. The molecule has 5 aromatic carbocycles. The van der Waals surface area contributed by atoms with Crippen LogP contribution in [0.4, 0.5) is 0 Å². The van der Waals surface area contributed by atoms with Gasteiger partial charge in [0.1, 0.15) is 0 Å². The second kappa shape index (κ2) is 7.06. The van der Waals surface area contributed by atoms with E-state index in [9.17, 15) is 0 Å². The Balaban J connectivity index is 1.53. The number of nitrogens with zero attached hydrogens (tertiary/aromatic N) is 1. The maximum absolute atomic E-state index is 2.41. The molecule has 0 bridgehead atoms. The van der Waals surface area contributed by atoms with E-state index >= 15 is 0 Å². The fraction of sp³-hybridized carbons (Fsp3) is 0.0323. The van der Waals surface area contributed by atoms with Crippen LogP contribution < -0.4 is 0 Å². The van der Waals surface area contributed by atoms with Gasteiger partial charge in [-0.15, -0.1) is 11.3 Å². The standard InChI is InChI=1S/C31H21NS/c1-20-17-21(23-12-8-13-27-26-11-4-7-16-30(26)33-31(23)27)19-22(18-20)32-28-14-5-2-9-24(28)25-10-3-6-15-29(25)32/h2-19H,1H3. The molecule has 7 aromatic rings. The summed E-state index contributed by atoms with van der Waals surface area (Å²) in [5.41, 5.74) is 7.54. The summed E-state index contributed by atoms with van der Waals surface area (Å²) in [5, 5.41) is 5.27. The van der Waals surface area contributed by atoms with Gasteiger partial charge >= 0.3 is 0 Å². The fourth-order valence-electron chi connectivity index (χ4n) is 5.22. The van der Waals surface area contributed by atoms with Gasteiger partial charge in [-0.2, -0.15) is 0 Å². The van der Waals surface area contributed by atoms with Gasteiger partial charge in [0, 0.05) is 36.6 Å². The number of hydrogen-bond acceptors (Lipinski definition) is 1. The molecule has 0 aliphatic heterocycles. The second-order valence-electron chi connectivity index (χ2n) is 8.71. The fourth-order valence-corrected chi connectivity index (χ4v) is 6.46. The number of aryl methyl sites for hydroxylation is 1. The molecule has 0 unspecified atom stereocenters. The normalized spacial score (nSPS) is 11.8. The summed E-state index contributed by atoms with van der Waals surface area (Å²) in [7, 11) is 0. The first-order chi connectivity index (χ1) is 16.3. The SMILES string of the molecule is Cc1cc(-c2cccc3c2sc2ccccc23)cc(-n2c3ccccc3c3ccccc32)c1. The maximum atomic E-state index is 2.41. The second-order valence-corrected chi connectivity index (χ2v) is 9.76. The molecule has 2 heteroatoms. The minimum Gasteiger partial charge on any atom is -0.309 e. The summed E-state index contributed by atoms with van der Waals surface area (Å²) >= 11 is 1.89. The molecule has 7 rings (SSSR count). The van der Waals surface area contributed by atoms with E-state index in [1.54, 1.807) is 0 Å². The van der Waals surface area contributed by atoms with Crippen LogP contribution in [0, 0.1) is 6.92 Å². The lowest BCUT2D eigenvalue weighted by Crippen LogP contribution is -1.95. The van der Waals surface area contributed by atoms with Crippen molar-refractivity contribution in [2.75, 3.05) is 0 Å². The third-order valence-corrected chi connectivity index (χ3v) is 7.84. The molecule has 0 saturated heterocycles. The third kappa shape index (κ3) is 2.78. The quantitative estimate of drug-likeness (QED) is 0.253. The van der Waals surface area contributed by atoms with Crippen LogP contribution in [-0.2, 0) is 0 Å². The average Bonchev–Trinajstić information content (AvgIpc) is 3.39.